The van der Waals surface area contributed by atoms with Gasteiger partial charge in [-0.15, -0.1) is 0 Å². The molecule has 0 spiro atoms. The summed E-state index contributed by atoms with van der Waals surface area (Å²) in [7, 11) is 0. The van der Waals surface area contributed by atoms with Crippen molar-refractivity contribution in [1.82, 2.24) is 5.06 Å². The van der Waals surface area contributed by atoms with E-state index in [4.69, 9.17) is 9.47 Å². The molecule has 1 fully saturated rings. The van der Waals surface area contributed by atoms with E-state index in [0.29, 0.717) is 0 Å². The summed E-state index contributed by atoms with van der Waals surface area (Å²) in [5.74, 6) is -5.19. The van der Waals surface area contributed by atoms with E-state index in [1.54, 1.807) is 27.7 Å². The standard InChI is InChI=1S/C16H25NO9/c1-9(18)23-7-25-13(20)11-12(14(21)26-8-24-10(2)19)16(5,6)17(22)15(11,3)4/h11-12,22H,7-8H2,1-6H3. The molecule has 0 radical (unpaired) electrons. The SMILES string of the molecule is CC(=O)OCOC(=O)C1C(C(=O)OCOC(C)=O)C(C)(C)N(O)C1(C)C. The number of rotatable bonds is 6. The Morgan fingerprint density at radius 3 is 1.35 bits per heavy atom. The Hall–Kier alpha value is -2.20. The Balaban J connectivity index is 3.03. The fourth-order valence-corrected chi connectivity index (χ4v) is 3.19. The average Bonchev–Trinajstić information content (AvgIpc) is 2.63. The maximum atomic E-state index is 12.5. The zero-order valence-electron chi connectivity index (χ0n) is 15.7. The van der Waals surface area contributed by atoms with Crippen LogP contribution in [0.5, 0.6) is 0 Å². The molecule has 148 valence electrons. The molecular formula is C16H25NO9. The van der Waals surface area contributed by atoms with Gasteiger partial charge in [0, 0.05) is 13.8 Å². The summed E-state index contributed by atoms with van der Waals surface area (Å²) in [6, 6.07) is 0. The molecule has 1 aliphatic rings. The van der Waals surface area contributed by atoms with Crippen LogP contribution >= 0.6 is 0 Å². The van der Waals surface area contributed by atoms with E-state index in [1.165, 1.54) is 0 Å². The first kappa shape index (κ1) is 21.8. The maximum absolute atomic E-state index is 12.5. The Kier molecular flexibility index (Phi) is 6.72. The molecule has 1 saturated heterocycles. The largest absolute Gasteiger partial charge is 0.428 e. The van der Waals surface area contributed by atoms with Gasteiger partial charge in [-0.3, -0.25) is 19.2 Å². The van der Waals surface area contributed by atoms with Crippen LogP contribution in [0.1, 0.15) is 41.5 Å². The van der Waals surface area contributed by atoms with Gasteiger partial charge in [0.25, 0.3) is 0 Å². The van der Waals surface area contributed by atoms with Gasteiger partial charge in [-0.25, -0.2) is 0 Å². The molecule has 0 aromatic carbocycles. The molecule has 1 aliphatic heterocycles. The van der Waals surface area contributed by atoms with Gasteiger partial charge in [-0.2, -0.15) is 5.06 Å². The lowest BCUT2D eigenvalue weighted by molar-refractivity contribution is -0.205. The summed E-state index contributed by atoms with van der Waals surface area (Å²) in [5.41, 5.74) is -2.36. The van der Waals surface area contributed by atoms with Crippen LogP contribution in [-0.4, -0.2) is 58.8 Å². The van der Waals surface area contributed by atoms with E-state index in [2.05, 4.69) is 9.47 Å². The van der Waals surface area contributed by atoms with Crippen LogP contribution in [0.25, 0.3) is 0 Å². The first-order valence-corrected chi connectivity index (χ1v) is 7.92. The van der Waals surface area contributed by atoms with Gasteiger partial charge in [-0.1, -0.05) is 0 Å². The summed E-state index contributed by atoms with van der Waals surface area (Å²) in [4.78, 5) is 46.7. The Bertz CT molecular complexity index is 534. The molecule has 1 rings (SSSR count). The maximum Gasteiger partial charge on any atom is 0.314 e. The molecular weight excluding hydrogens is 350 g/mol. The molecule has 10 nitrogen and oxygen atoms in total. The molecule has 0 aromatic heterocycles. The molecule has 0 bridgehead atoms. The monoisotopic (exact) mass is 375 g/mol. The molecule has 0 amide bonds. The lowest BCUT2D eigenvalue weighted by atomic mass is 9.77. The van der Waals surface area contributed by atoms with Crippen molar-refractivity contribution >= 4 is 23.9 Å². The van der Waals surface area contributed by atoms with Crippen LogP contribution in [0.15, 0.2) is 0 Å². The Morgan fingerprint density at radius 2 is 1.08 bits per heavy atom. The average molecular weight is 375 g/mol. The highest BCUT2D eigenvalue weighted by Gasteiger charge is 2.64. The lowest BCUT2D eigenvalue weighted by Gasteiger charge is -2.35. The summed E-state index contributed by atoms with van der Waals surface area (Å²) in [5, 5.41) is 11.4. The van der Waals surface area contributed by atoms with Crippen molar-refractivity contribution in [3.63, 3.8) is 0 Å². The molecule has 10 heteroatoms. The number of hydroxylamine groups is 2. The smallest absolute Gasteiger partial charge is 0.314 e. The predicted molar refractivity (Wildman–Crippen MR) is 84.2 cm³/mol. The van der Waals surface area contributed by atoms with Crippen molar-refractivity contribution in [2.45, 2.75) is 52.6 Å². The highest BCUT2D eigenvalue weighted by atomic mass is 16.7. The van der Waals surface area contributed by atoms with Gasteiger partial charge >= 0.3 is 23.9 Å². The predicted octanol–water partition coefficient (Wildman–Crippen LogP) is 0.608. The second kappa shape index (κ2) is 8.00. The van der Waals surface area contributed by atoms with Crippen molar-refractivity contribution < 1.29 is 43.3 Å². The molecule has 2 atom stereocenters. The van der Waals surface area contributed by atoms with E-state index in [-0.39, 0.29) is 0 Å². The van der Waals surface area contributed by atoms with Crippen LogP contribution < -0.4 is 0 Å². The van der Waals surface area contributed by atoms with Gasteiger partial charge in [0.2, 0.25) is 13.6 Å². The Morgan fingerprint density at radius 1 is 0.769 bits per heavy atom. The van der Waals surface area contributed by atoms with Gasteiger partial charge in [0.1, 0.15) is 0 Å². The van der Waals surface area contributed by atoms with Crippen LogP contribution in [0.2, 0.25) is 0 Å². The highest BCUT2D eigenvalue weighted by Crippen LogP contribution is 2.49. The molecule has 1 N–H and O–H groups in total. The highest BCUT2D eigenvalue weighted by molar-refractivity contribution is 5.85. The van der Waals surface area contributed by atoms with E-state index in [9.17, 15) is 24.4 Å². The summed E-state index contributed by atoms with van der Waals surface area (Å²) in [6.07, 6.45) is 0. The second-order valence-corrected chi connectivity index (χ2v) is 7.01. The number of nitrogens with zero attached hydrogens (tertiary/aromatic N) is 1. The number of hydrogen-bond donors (Lipinski definition) is 1. The third-order valence-corrected chi connectivity index (χ3v) is 4.38. The molecule has 1 heterocycles. The number of ether oxygens (including phenoxy) is 4. The molecule has 0 saturated carbocycles. The quantitative estimate of drug-likeness (QED) is 0.520. The van der Waals surface area contributed by atoms with E-state index in [0.717, 1.165) is 18.9 Å². The van der Waals surface area contributed by atoms with Crippen molar-refractivity contribution in [3.05, 3.63) is 0 Å². The fraction of sp³-hybridized carbons (Fsp3) is 0.750. The second-order valence-electron chi connectivity index (χ2n) is 7.01. The van der Waals surface area contributed by atoms with Crippen molar-refractivity contribution in [1.29, 1.82) is 0 Å². The normalized spacial score (nSPS) is 23.8. The van der Waals surface area contributed by atoms with Crippen LogP contribution in [0.4, 0.5) is 0 Å². The third kappa shape index (κ3) is 4.50. The lowest BCUT2D eigenvalue weighted by Crippen LogP contribution is -2.49. The summed E-state index contributed by atoms with van der Waals surface area (Å²) in [6.45, 7) is 7.33. The fourth-order valence-electron chi connectivity index (χ4n) is 3.19. The van der Waals surface area contributed by atoms with Crippen LogP contribution in [0.3, 0.4) is 0 Å². The van der Waals surface area contributed by atoms with Gasteiger partial charge in [0.05, 0.1) is 22.9 Å². The summed E-state index contributed by atoms with van der Waals surface area (Å²) >= 11 is 0. The molecule has 26 heavy (non-hydrogen) atoms. The van der Waals surface area contributed by atoms with Crippen LogP contribution in [-0.2, 0) is 38.1 Å². The molecule has 2 unspecified atom stereocenters. The minimum absolute atomic E-state index is 0.609. The van der Waals surface area contributed by atoms with Crippen molar-refractivity contribution in [3.8, 4) is 0 Å². The minimum atomic E-state index is -1.18. The number of carbonyl (C=O) groups excluding carboxylic acids is 4. The third-order valence-electron chi connectivity index (χ3n) is 4.38. The van der Waals surface area contributed by atoms with Gasteiger partial charge < -0.3 is 24.2 Å². The molecule has 0 aliphatic carbocycles. The summed E-state index contributed by atoms with van der Waals surface area (Å²) < 4.78 is 19.0. The van der Waals surface area contributed by atoms with E-state index in [1.807, 2.05) is 0 Å². The first-order valence-electron chi connectivity index (χ1n) is 7.92. The van der Waals surface area contributed by atoms with E-state index < -0.39 is 60.4 Å². The topological polar surface area (TPSA) is 129 Å². The zero-order valence-corrected chi connectivity index (χ0v) is 15.7. The first-order chi connectivity index (χ1) is 11.8. The van der Waals surface area contributed by atoms with E-state index >= 15 is 0 Å². The zero-order chi connectivity index (χ0) is 20.3. The number of esters is 4. The van der Waals surface area contributed by atoms with Crippen molar-refractivity contribution in [2.75, 3.05) is 13.6 Å². The minimum Gasteiger partial charge on any atom is -0.428 e. The number of carbonyl (C=O) groups is 4. The van der Waals surface area contributed by atoms with Gasteiger partial charge in [-0.05, 0) is 27.7 Å². The van der Waals surface area contributed by atoms with Crippen LogP contribution in [0, 0.1) is 11.8 Å². The number of hydrogen-bond acceptors (Lipinski definition) is 10. The Labute approximate surface area is 151 Å². The van der Waals surface area contributed by atoms with Crippen molar-refractivity contribution in [2.24, 2.45) is 11.8 Å². The van der Waals surface area contributed by atoms with Gasteiger partial charge in [0.15, 0.2) is 0 Å². The molecule has 0 aromatic rings.